The number of aliphatic hydroxyl groups excluding tert-OH is 1. The minimum absolute atomic E-state index is 0.0693. The molecule has 0 bridgehead atoms. The first-order valence-electron chi connectivity index (χ1n) is 8.21. The van der Waals surface area contributed by atoms with E-state index in [1.807, 2.05) is 12.1 Å². The van der Waals surface area contributed by atoms with E-state index in [1.165, 1.54) is 18.4 Å². The summed E-state index contributed by atoms with van der Waals surface area (Å²) in [5, 5.41) is 13.3. The van der Waals surface area contributed by atoms with Crippen LogP contribution < -0.4 is 10.1 Å². The van der Waals surface area contributed by atoms with Crippen LogP contribution in [-0.2, 0) is 6.42 Å². The summed E-state index contributed by atoms with van der Waals surface area (Å²) in [6, 6.07) is 8.85. The Morgan fingerprint density at radius 3 is 2.71 bits per heavy atom. The molecule has 0 amide bonds. The number of aryl methyl sites for hydroxylation is 1. The van der Waals surface area contributed by atoms with Crippen LogP contribution in [-0.4, -0.2) is 30.9 Å². The Balaban J connectivity index is 1.65. The number of hydrogen-bond acceptors (Lipinski definition) is 3. The van der Waals surface area contributed by atoms with E-state index in [4.69, 9.17) is 4.74 Å². The SMILES string of the molecule is COc1ccc(CCC(C)NCC2CCCC(O)C2)cc1. The topological polar surface area (TPSA) is 41.5 Å². The van der Waals surface area contributed by atoms with Crippen LogP contribution in [0.25, 0.3) is 0 Å². The molecule has 1 fully saturated rings. The van der Waals surface area contributed by atoms with Crippen molar-refractivity contribution in [2.45, 2.75) is 57.6 Å². The second-order valence-electron chi connectivity index (χ2n) is 6.38. The van der Waals surface area contributed by atoms with Gasteiger partial charge in [-0.05, 0) is 69.2 Å². The quantitative estimate of drug-likeness (QED) is 0.811. The molecule has 3 unspecified atom stereocenters. The zero-order valence-electron chi connectivity index (χ0n) is 13.3. The molecule has 3 nitrogen and oxygen atoms in total. The van der Waals surface area contributed by atoms with E-state index in [0.717, 1.165) is 38.0 Å². The number of ether oxygens (including phenoxy) is 1. The van der Waals surface area contributed by atoms with Gasteiger partial charge < -0.3 is 15.2 Å². The molecule has 0 saturated heterocycles. The van der Waals surface area contributed by atoms with Gasteiger partial charge in [0.05, 0.1) is 13.2 Å². The maximum atomic E-state index is 9.70. The van der Waals surface area contributed by atoms with Crippen LogP contribution in [0.1, 0.15) is 44.6 Å². The lowest BCUT2D eigenvalue weighted by molar-refractivity contribution is 0.0997. The molecule has 0 spiro atoms. The molecular formula is C18H29NO2. The minimum atomic E-state index is -0.0693. The molecule has 1 aliphatic carbocycles. The van der Waals surface area contributed by atoms with Crippen LogP contribution >= 0.6 is 0 Å². The van der Waals surface area contributed by atoms with Crippen LogP contribution in [0.15, 0.2) is 24.3 Å². The van der Waals surface area contributed by atoms with Crippen molar-refractivity contribution in [3.05, 3.63) is 29.8 Å². The first-order chi connectivity index (χ1) is 10.2. The molecule has 118 valence electrons. The van der Waals surface area contributed by atoms with Crippen LogP contribution in [0.2, 0.25) is 0 Å². The largest absolute Gasteiger partial charge is 0.497 e. The molecule has 21 heavy (non-hydrogen) atoms. The molecule has 1 saturated carbocycles. The molecule has 2 N–H and O–H groups in total. The normalized spacial score (nSPS) is 23.8. The summed E-state index contributed by atoms with van der Waals surface area (Å²) in [5.74, 6) is 1.57. The molecule has 0 aromatic heterocycles. The molecule has 0 heterocycles. The van der Waals surface area contributed by atoms with E-state index in [1.54, 1.807) is 7.11 Å². The maximum absolute atomic E-state index is 9.70. The molecule has 3 heteroatoms. The van der Waals surface area contributed by atoms with Crippen molar-refractivity contribution in [1.29, 1.82) is 0 Å². The highest BCUT2D eigenvalue weighted by Crippen LogP contribution is 2.23. The van der Waals surface area contributed by atoms with Crippen LogP contribution in [0, 0.1) is 5.92 Å². The highest BCUT2D eigenvalue weighted by atomic mass is 16.5. The van der Waals surface area contributed by atoms with Crippen molar-refractivity contribution >= 4 is 0 Å². The van der Waals surface area contributed by atoms with E-state index in [2.05, 4.69) is 24.4 Å². The molecule has 2 rings (SSSR count). The number of methoxy groups -OCH3 is 1. The van der Waals surface area contributed by atoms with Gasteiger partial charge in [0.15, 0.2) is 0 Å². The Morgan fingerprint density at radius 1 is 1.29 bits per heavy atom. The summed E-state index contributed by atoms with van der Waals surface area (Å²) in [4.78, 5) is 0. The van der Waals surface area contributed by atoms with Crippen molar-refractivity contribution in [3.8, 4) is 5.75 Å². The van der Waals surface area contributed by atoms with Crippen molar-refractivity contribution in [3.63, 3.8) is 0 Å². The second kappa shape index (κ2) is 8.40. The molecule has 0 radical (unpaired) electrons. The van der Waals surface area contributed by atoms with Gasteiger partial charge in [0.1, 0.15) is 5.75 Å². The summed E-state index contributed by atoms with van der Waals surface area (Å²) in [7, 11) is 1.70. The number of nitrogens with one attached hydrogen (secondary N) is 1. The van der Waals surface area contributed by atoms with E-state index in [9.17, 15) is 5.11 Å². The molecule has 3 atom stereocenters. The number of hydrogen-bond donors (Lipinski definition) is 2. The van der Waals surface area contributed by atoms with Gasteiger partial charge in [-0.1, -0.05) is 18.6 Å². The summed E-state index contributed by atoms with van der Waals surface area (Å²) in [6.07, 6.45) is 6.55. The smallest absolute Gasteiger partial charge is 0.118 e. The van der Waals surface area contributed by atoms with Gasteiger partial charge in [-0.3, -0.25) is 0 Å². The van der Waals surface area contributed by atoms with Crippen molar-refractivity contribution in [2.75, 3.05) is 13.7 Å². The average molecular weight is 291 g/mol. The van der Waals surface area contributed by atoms with Gasteiger partial charge in [-0.15, -0.1) is 0 Å². The predicted molar refractivity (Wildman–Crippen MR) is 86.7 cm³/mol. The Hall–Kier alpha value is -1.06. The molecule has 0 aliphatic heterocycles. The molecule has 1 aromatic rings. The number of aliphatic hydroxyl groups is 1. The van der Waals surface area contributed by atoms with Crippen molar-refractivity contribution < 1.29 is 9.84 Å². The molecule has 1 aromatic carbocycles. The lowest BCUT2D eigenvalue weighted by atomic mass is 9.87. The molecule has 1 aliphatic rings. The Kier molecular flexibility index (Phi) is 6.52. The lowest BCUT2D eigenvalue weighted by Crippen LogP contribution is -2.34. The van der Waals surface area contributed by atoms with Gasteiger partial charge in [-0.2, -0.15) is 0 Å². The summed E-state index contributed by atoms with van der Waals surface area (Å²) < 4.78 is 5.18. The summed E-state index contributed by atoms with van der Waals surface area (Å²) in [6.45, 7) is 3.30. The van der Waals surface area contributed by atoms with E-state index in [-0.39, 0.29) is 6.10 Å². The Labute approximate surface area is 128 Å². The van der Waals surface area contributed by atoms with Crippen LogP contribution in [0.3, 0.4) is 0 Å². The van der Waals surface area contributed by atoms with E-state index in [0.29, 0.717) is 12.0 Å². The third-order valence-electron chi connectivity index (χ3n) is 4.54. The van der Waals surface area contributed by atoms with Gasteiger partial charge >= 0.3 is 0 Å². The van der Waals surface area contributed by atoms with E-state index < -0.39 is 0 Å². The zero-order valence-corrected chi connectivity index (χ0v) is 13.3. The monoisotopic (exact) mass is 291 g/mol. The van der Waals surface area contributed by atoms with Gasteiger partial charge in [0.2, 0.25) is 0 Å². The Bertz CT molecular complexity index is 404. The Morgan fingerprint density at radius 2 is 2.05 bits per heavy atom. The first kappa shape index (κ1) is 16.3. The molecular weight excluding hydrogens is 262 g/mol. The van der Waals surface area contributed by atoms with Gasteiger partial charge in [0, 0.05) is 6.04 Å². The minimum Gasteiger partial charge on any atom is -0.497 e. The fourth-order valence-corrected chi connectivity index (χ4v) is 3.09. The van der Waals surface area contributed by atoms with E-state index >= 15 is 0 Å². The standard InChI is InChI=1S/C18H29NO2/c1-14(19-13-16-4-3-5-17(20)12-16)6-7-15-8-10-18(21-2)11-9-15/h8-11,14,16-17,19-20H,3-7,12-13H2,1-2H3. The van der Waals surface area contributed by atoms with Crippen molar-refractivity contribution in [1.82, 2.24) is 5.32 Å². The maximum Gasteiger partial charge on any atom is 0.118 e. The average Bonchev–Trinajstić information content (AvgIpc) is 2.51. The highest BCUT2D eigenvalue weighted by Gasteiger charge is 2.20. The second-order valence-corrected chi connectivity index (χ2v) is 6.38. The van der Waals surface area contributed by atoms with Crippen LogP contribution in [0.4, 0.5) is 0 Å². The van der Waals surface area contributed by atoms with Crippen molar-refractivity contribution in [2.24, 2.45) is 5.92 Å². The summed E-state index contributed by atoms with van der Waals surface area (Å²) in [5.41, 5.74) is 1.36. The first-order valence-corrected chi connectivity index (χ1v) is 8.21. The highest BCUT2D eigenvalue weighted by molar-refractivity contribution is 5.27. The van der Waals surface area contributed by atoms with Gasteiger partial charge in [0.25, 0.3) is 0 Å². The van der Waals surface area contributed by atoms with Crippen LogP contribution in [0.5, 0.6) is 5.75 Å². The third-order valence-corrected chi connectivity index (χ3v) is 4.54. The predicted octanol–water partition coefficient (Wildman–Crippen LogP) is 3.16. The van der Waals surface area contributed by atoms with Gasteiger partial charge in [-0.25, -0.2) is 0 Å². The fraction of sp³-hybridized carbons (Fsp3) is 0.667. The third kappa shape index (κ3) is 5.68. The fourth-order valence-electron chi connectivity index (χ4n) is 3.09. The number of rotatable bonds is 7. The lowest BCUT2D eigenvalue weighted by Gasteiger charge is -2.27. The number of benzene rings is 1. The summed E-state index contributed by atoms with van der Waals surface area (Å²) >= 11 is 0. The zero-order chi connectivity index (χ0) is 15.1.